The molecule has 0 atom stereocenters. The van der Waals surface area contributed by atoms with Gasteiger partial charge in [0, 0.05) is 39.9 Å². The summed E-state index contributed by atoms with van der Waals surface area (Å²) in [6.45, 7) is 13.2. The summed E-state index contributed by atoms with van der Waals surface area (Å²) in [5, 5.41) is 6.66. The van der Waals surface area contributed by atoms with Crippen molar-refractivity contribution in [2.24, 2.45) is 4.99 Å². The van der Waals surface area contributed by atoms with Gasteiger partial charge in [-0.25, -0.2) is 0 Å². The van der Waals surface area contributed by atoms with Crippen molar-refractivity contribution in [2.75, 3.05) is 53.0 Å². The van der Waals surface area contributed by atoms with E-state index >= 15 is 0 Å². The predicted octanol–water partition coefficient (Wildman–Crippen LogP) is 1.93. The SMILES string of the molecule is CCOCCCCNC(=NC)NCCN(CC)CC.I. The quantitative estimate of drug-likeness (QED) is 0.241. The number of nitrogens with zero attached hydrogens (tertiary/aromatic N) is 2. The van der Waals surface area contributed by atoms with Crippen molar-refractivity contribution in [2.45, 2.75) is 33.6 Å². The highest BCUT2D eigenvalue weighted by molar-refractivity contribution is 14.0. The van der Waals surface area contributed by atoms with Crippen LogP contribution in [0.1, 0.15) is 33.6 Å². The van der Waals surface area contributed by atoms with Crippen LogP contribution in [0.5, 0.6) is 0 Å². The number of nitrogens with one attached hydrogen (secondary N) is 2. The number of halogens is 1. The van der Waals surface area contributed by atoms with Crippen LogP contribution in [0.15, 0.2) is 4.99 Å². The molecule has 0 saturated carbocycles. The first-order chi connectivity index (χ1) is 9.28. The number of hydrogen-bond acceptors (Lipinski definition) is 3. The lowest BCUT2D eigenvalue weighted by molar-refractivity contribution is 0.143. The summed E-state index contributed by atoms with van der Waals surface area (Å²) in [7, 11) is 1.81. The van der Waals surface area contributed by atoms with Crippen LogP contribution in [-0.4, -0.2) is 63.8 Å². The van der Waals surface area contributed by atoms with Crippen LogP contribution in [0, 0.1) is 0 Å². The first kappa shape index (κ1) is 22.2. The molecule has 20 heavy (non-hydrogen) atoms. The minimum Gasteiger partial charge on any atom is -0.382 e. The molecule has 5 nitrogen and oxygen atoms in total. The van der Waals surface area contributed by atoms with Gasteiger partial charge in [0.15, 0.2) is 5.96 Å². The van der Waals surface area contributed by atoms with Crippen LogP contribution in [0.4, 0.5) is 0 Å². The maximum absolute atomic E-state index is 5.30. The van der Waals surface area contributed by atoms with Crippen LogP contribution in [0.25, 0.3) is 0 Å². The van der Waals surface area contributed by atoms with Crippen molar-refractivity contribution in [1.82, 2.24) is 15.5 Å². The molecule has 0 aromatic heterocycles. The number of rotatable bonds is 11. The summed E-state index contributed by atoms with van der Waals surface area (Å²) < 4.78 is 5.30. The molecule has 6 heteroatoms. The number of hydrogen-bond donors (Lipinski definition) is 2. The number of guanidine groups is 1. The minimum atomic E-state index is 0. The zero-order chi connectivity index (χ0) is 14.3. The van der Waals surface area contributed by atoms with Crippen molar-refractivity contribution in [3.05, 3.63) is 0 Å². The molecule has 0 aliphatic carbocycles. The van der Waals surface area contributed by atoms with Gasteiger partial charge in [-0.05, 0) is 32.9 Å². The number of unbranched alkanes of at least 4 members (excludes halogenated alkanes) is 1. The van der Waals surface area contributed by atoms with Crippen LogP contribution in [-0.2, 0) is 4.74 Å². The molecule has 0 aliphatic heterocycles. The van der Waals surface area contributed by atoms with E-state index in [9.17, 15) is 0 Å². The van der Waals surface area contributed by atoms with Crippen molar-refractivity contribution in [3.8, 4) is 0 Å². The Balaban J connectivity index is 0. The second kappa shape index (κ2) is 17.0. The van der Waals surface area contributed by atoms with Crippen LogP contribution in [0.3, 0.4) is 0 Å². The number of likely N-dealkylation sites (N-methyl/N-ethyl adjacent to an activating group) is 1. The third-order valence-corrected chi connectivity index (χ3v) is 3.05. The Labute approximate surface area is 141 Å². The Morgan fingerprint density at radius 1 is 1.05 bits per heavy atom. The Morgan fingerprint density at radius 3 is 2.25 bits per heavy atom. The summed E-state index contributed by atoms with van der Waals surface area (Å²) >= 11 is 0. The first-order valence-corrected chi connectivity index (χ1v) is 7.53. The molecule has 0 fully saturated rings. The van der Waals surface area contributed by atoms with E-state index in [0.717, 1.165) is 64.7 Å². The lowest BCUT2D eigenvalue weighted by Crippen LogP contribution is -2.41. The van der Waals surface area contributed by atoms with E-state index < -0.39 is 0 Å². The molecular weight excluding hydrogens is 367 g/mol. The molecule has 0 unspecified atom stereocenters. The molecule has 0 aliphatic rings. The Kier molecular flexibility index (Phi) is 18.8. The highest BCUT2D eigenvalue weighted by atomic mass is 127. The monoisotopic (exact) mass is 400 g/mol. The molecule has 0 saturated heterocycles. The van der Waals surface area contributed by atoms with E-state index in [0.29, 0.717) is 0 Å². The minimum absolute atomic E-state index is 0. The van der Waals surface area contributed by atoms with Crippen molar-refractivity contribution < 1.29 is 4.74 Å². The predicted molar refractivity (Wildman–Crippen MR) is 98.3 cm³/mol. The molecule has 0 spiro atoms. The zero-order valence-corrected chi connectivity index (χ0v) is 15.9. The maximum atomic E-state index is 5.30. The van der Waals surface area contributed by atoms with Gasteiger partial charge >= 0.3 is 0 Å². The molecule has 0 radical (unpaired) electrons. The van der Waals surface area contributed by atoms with Crippen LogP contribution in [0.2, 0.25) is 0 Å². The molecular formula is C14H33IN4O. The van der Waals surface area contributed by atoms with Crippen molar-refractivity contribution in [1.29, 1.82) is 0 Å². The Bertz CT molecular complexity index is 223. The summed E-state index contributed by atoms with van der Waals surface area (Å²) in [4.78, 5) is 6.61. The molecule has 0 amide bonds. The summed E-state index contributed by atoms with van der Waals surface area (Å²) in [6, 6.07) is 0. The first-order valence-electron chi connectivity index (χ1n) is 7.53. The highest BCUT2D eigenvalue weighted by Gasteiger charge is 2.00. The van der Waals surface area contributed by atoms with Gasteiger partial charge in [-0.15, -0.1) is 24.0 Å². The molecule has 0 aromatic carbocycles. The lowest BCUT2D eigenvalue weighted by atomic mass is 10.3. The standard InChI is InChI=1S/C14H32N4O.HI/c1-5-18(6-2)12-11-17-14(15-4)16-10-8-9-13-19-7-3;/h5-13H2,1-4H3,(H2,15,16,17);1H. The molecule has 0 aromatic rings. The Morgan fingerprint density at radius 2 is 1.70 bits per heavy atom. The van der Waals surface area contributed by atoms with E-state index in [4.69, 9.17) is 4.74 Å². The smallest absolute Gasteiger partial charge is 0.191 e. The fraction of sp³-hybridized carbons (Fsp3) is 0.929. The van der Waals surface area contributed by atoms with Gasteiger partial charge in [0.05, 0.1) is 0 Å². The zero-order valence-electron chi connectivity index (χ0n) is 13.6. The summed E-state index contributed by atoms with van der Waals surface area (Å²) in [6.07, 6.45) is 2.20. The van der Waals surface area contributed by atoms with Gasteiger partial charge in [-0.3, -0.25) is 4.99 Å². The molecule has 0 rings (SSSR count). The van der Waals surface area contributed by atoms with Gasteiger partial charge in [-0.2, -0.15) is 0 Å². The Hall–Kier alpha value is -0.0800. The van der Waals surface area contributed by atoms with E-state index in [1.807, 2.05) is 14.0 Å². The number of aliphatic imine (C=N–C) groups is 1. The lowest BCUT2D eigenvalue weighted by Gasteiger charge is -2.19. The second-order valence-electron chi connectivity index (χ2n) is 4.36. The molecule has 0 bridgehead atoms. The second-order valence-corrected chi connectivity index (χ2v) is 4.36. The van der Waals surface area contributed by atoms with Gasteiger partial charge in [0.1, 0.15) is 0 Å². The number of ether oxygens (including phenoxy) is 1. The maximum Gasteiger partial charge on any atom is 0.191 e. The topological polar surface area (TPSA) is 48.9 Å². The van der Waals surface area contributed by atoms with Crippen molar-refractivity contribution in [3.63, 3.8) is 0 Å². The normalized spacial score (nSPS) is 11.3. The average Bonchev–Trinajstić information content (AvgIpc) is 2.45. The molecule has 122 valence electrons. The third kappa shape index (κ3) is 12.9. The summed E-state index contributed by atoms with van der Waals surface area (Å²) in [5.74, 6) is 0.892. The van der Waals surface area contributed by atoms with Gasteiger partial charge in [0.2, 0.25) is 0 Å². The van der Waals surface area contributed by atoms with E-state index in [1.54, 1.807) is 0 Å². The van der Waals surface area contributed by atoms with E-state index in [-0.39, 0.29) is 24.0 Å². The van der Waals surface area contributed by atoms with Gasteiger partial charge < -0.3 is 20.3 Å². The van der Waals surface area contributed by atoms with E-state index in [2.05, 4.69) is 34.4 Å². The fourth-order valence-corrected chi connectivity index (χ4v) is 1.77. The highest BCUT2D eigenvalue weighted by Crippen LogP contribution is 1.88. The third-order valence-electron chi connectivity index (χ3n) is 3.05. The molecule has 0 heterocycles. The van der Waals surface area contributed by atoms with Crippen LogP contribution < -0.4 is 10.6 Å². The molecule has 2 N–H and O–H groups in total. The summed E-state index contributed by atoms with van der Waals surface area (Å²) in [5.41, 5.74) is 0. The van der Waals surface area contributed by atoms with Crippen LogP contribution >= 0.6 is 24.0 Å². The largest absolute Gasteiger partial charge is 0.382 e. The van der Waals surface area contributed by atoms with E-state index in [1.165, 1.54) is 0 Å². The fourth-order valence-electron chi connectivity index (χ4n) is 1.77. The average molecular weight is 400 g/mol. The van der Waals surface area contributed by atoms with Crippen molar-refractivity contribution >= 4 is 29.9 Å². The van der Waals surface area contributed by atoms with Gasteiger partial charge in [-0.1, -0.05) is 13.8 Å². The van der Waals surface area contributed by atoms with Gasteiger partial charge in [0.25, 0.3) is 0 Å².